The Morgan fingerprint density at radius 2 is 1.06 bits per heavy atom. The van der Waals surface area contributed by atoms with Gasteiger partial charge in [-0.3, -0.25) is 4.79 Å². The van der Waals surface area contributed by atoms with Gasteiger partial charge in [-0.05, 0) is 32.1 Å². The van der Waals surface area contributed by atoms with Gasteiger partial charge in [0, 0.05) is 6.42 Å². The summed E-state index contributed by atoms with van der Waals surface area (Å²) in [5.41, 5.74) is 0. The van der Waals surface area contributed by atoms with Gasteiger partial charge < -0.3 is 4.74 Å². The number of benzene rings is 1. The molecular formula is C24H33Cl5O2. The third kappa shape index (κ3) is 11.5. The molecule has 31 heavy (non-hydrogen) atoms. The molecule has 0 saturated heterocycles. The smallest absolute Gasteiger partial charge is 0.311 e. The Bertz CT molecular complexity index is 675. The van der Waals surface area contributed by atoms with Gasteiger partial charge in [-0.25, -0.2) is 0 Å². The fraction of sp³-hybridized carbons (Fsp3) is 0.625. The zero-order valence-corrected chi connectivity index (χ0v) is 22.0. The molecule has 7 heteroatoms. The Balaban J connectivity index is 2.10. The third-order valence-electron chi connectivity index (χ3n) is 5.03. The largest absolute Gasteiger partial charge is 0.423 e. The fourth-order valence-corrected chi connectivity index (χ4v) is 4.38. The summed E-state index contributed by atoms with van der Waals surface area (Å²) in [5, 5.41) is 0.0384. The number of halogens is 5. The molecule has 1 aromatic rings. The highest BCUT2D eigenvalue weighted by Crippen LogP contribution is 2.48. The molecule has 2 nitrogen and oxygen atoms in total. The minimum Gasteiger partial charge on any atom is -0.423 e. The monoisotopic (exact) mass is 528 g/mol. The Morgan fingerprint density at radius 3 is 1.58 bits per heavy atom. The molecule has 0 heterocycles. The summed E-state index contributed by atoms with van der Waals surface area (Å²) in [6, 6.07) is 0. The number of unbranched alkanes of at least 4 members (excludes halogenated alkanes) is 11. The van der Waals surface area contributed by atoms with Crippen LogP contribution in [0.4, 0.5) is 0 Å². The van der Waals surface area contributed by atoms with Crippen LogP contribution in [0.2, 0.25) is 25.1 Å². The second kappa shape index (κ2) is 17.4. The van der Waals surface area contributed by atoms with Gasteiger partial charge in [0.2, 0.25) is 0 Å². The molecule has 0 amide bonds. The summed E-state index contributed by atoms with van der Waals surface area (Å²) in [5.74, 6) is -0.462. The summed E-state index contributed by atoms with van der Waals surface area (Å²) < 4.78 is 5.27. The van der Waals surface area contributed by atoms with E-state index < -0.39 is 5.97 Å². The van der Waals surface area contributed by atoms with Crippen LogP contribution in [0.25, 0.3) is 0 Å². The highest BCUT2D eigenvalue weighted by atomic mass is 35.5. The predicted molar refractivity (Wildman–Crippen MR) is 137 cm³/mol. The van der Waals surface area contributed by atoms with Crippen LogP contribution in [-0.2, 0) is 4.79 Å². The topological polar surface area (TPSA) is 26.3 Å². The first-order valence-electron chi connectivity index (χ1n) is 11.3. The number of carbonyl (C=O) groups excluding carboxylic acids is 1. The fourth-order valence-electron chi connectivity index (χ4n) is 3.18. The lowest BCUT2D eigenvalue weighted by Gasteiger charge is -2.12. The molecule has 1 rings (SSSR count). The summed E-state index contributed by atoms with van der Waals surface area (Å²) in [6.07, 6.45) is 20.5. The van der Waals surface area contributed by atoms with Crippen molar-refractivity contribution in [1.82, 2.24) is 0 Å². The van der Waals surface area contributed by atoms with Crippen molar-refractivity contribution in [1.29, 1.82) is 0 Å². The molecule has 0 radical (unpaired) electrons. The Morgan fingerprint density at radius 1 is 0.645 bits per heavy atom. The van der Waals surface area contributed by atoms with Crippen LogP contribution in [0.5, 0.6) is 5.75 Å². The van der Waals surface area contributed by atoms with Gasteiger partial charge in [-0.1, -0.05) is 128 Å². The second-order valence-corrected chi connectivity index (χ2v) is 9.60. The van der Waals surface area contributed by atoms with Gasteiger partial charge in [0.15, 0.2) is 5.75 Å². The van der Waals surface area contributed by atoms with Crippen molar-refractivity contribution < 1.29 is 9.53 Å². The average molecular weight is 531 g/mol. The minimum absolute atomic E-state index is 0.0148. The molecule has 0 aliphatic heterocycles. The number of carbonyl (C=O) groups is 1. The van der Waals surface area contributed by atoms with Crippen molar-refractivity contribution in [3.05, 3.63) is 37.3 Å². The van der Waals surface area contributed by atoms with E-state index in [2.05, 4.69) is 19.1 Å². The molecule has 0 aliphatic rings. The maximum absolute atomic E-state index is 12.1. The molecule has 1 aromatic carbocycles. The minimum atomic E-state index is -0.420. The van der Waals surface area contributed by atoms with Crippen LogP contribution in [0.15, 0.2) is 12.2 Å². The van der Waals surface area contributed by atoms with Crippen LogP contribution in [0, 0.1) is 0 Å². The van der Waals surface area contributed by atoms with Crippen molar-refractivity contribution in [3.63, 3.8) is 0 Å². The maximum Gasteiger partial charge on any atom is 0.311 e. The zero-order valence-electron chi connectivity index (χ0n) is 18.3. The van der Waals surface area contributed by atoms with E-state index in [9.17, 15) is 4.79 Å². The van der Waals surface area contributed by atoms with E-state index in [1.807, 2.05) is 0 Å². The molecule has 0 atom stereocenters. The number of esters is 1. The SMILES string of the molecule is CCCCCCCCC=CCCCCCCCC(=O)Oc1c(Cl)c(Cl)c(Cl)c(Cl)c1Cl. The van der Waals surface area contributed by atoms with E-state index in [1.165, 1.54) is 51.4 Å². The van der Waals surface area contributed by atoms with Gasteiger partial charge in [0.25, 0.3) is 0 Å². The van der Waals surface area contributed by atoms with Crippen molar-refractivity contribution in [2.75, 3.05) is 0 Å². The van der Waals surface area contributed by atoms with Crippen molar-refractivity contribution in [2.45, 2.75) is 96.8 Å². The van der Waals surface area contributed by atoms with E-state index >= 15 is 0 Å². The molecule has 176 valence electrons. The van der Waals surface area contributed by atoms with E-state index in [1.54, 1.807) is 0 Å². The lowest BCUT2D eigenvalue weighted by Crippen LogP contribution is -2.08. The molecule has 0 aliphatic carbocycles. The van der Waals surface area contributed by atoms with Gasteiger partial charge in [-0.15, -0.1) is 0 Å². The van der Waals surface area contributed by atoms with Gasteiger partial charge in [0.05, 0.1) is 15.1 Å². The van der Waals surface area contributed by atoms with Crippen LogP contribution in [0.1, 0.15) is 96.8 Å². The molecule has 0 saturated carbocycles. The first kappa shape index (κ1) is 28.9. The Labute approximate surface area is 212 Å². The predicted octanol–water partition coefficient (Wildman–Crippen LogP) is 10.9. The van der Waals surface area contributed by atoms with Crippen molar-refractivity contribution in [2.24, 2.45) is 0 Å². The van der Waals surface area contributed by atoms with E-state index in [4.69, 9.17) is 62.7 Å². The standard InChI is InChI=1S/C24H33Cl5O2/c1-2-3-4-5-6-7-8-9-10-11-12-13-14-15-16-17-18(30)31-24-22(28)20(26)19(25)21(27)23(24)29/h9-10H,2-8,11-17H2,1H3. The zero-order chi connectivity index (χ0) is 23.1. The maximum atomic E-state index is 12.1. The number of hydrogen-bond acceptors (Lipinski definition) is 2. The molecule has 0 unspecified atom stereocenters. The van der Waals surface area contributed by atoms with E-state index in [-0.39, 0.29) is 37.3 Å². The third-order valence-corrected chi connectivity index (χ3v) is 7.27. The van der Waals surface area contributed by atoms with Gasteiger partial charge in [-0.2, -0.15) is 0 Å². The second-order valence-electron chi connectivity index (χ2n) is 7.71. The first-order valence-corrected chi connectivity index (χ1v) is 13.2. The Hall–Kier alpha value is -0.120. The van der Waals surface area contributed by atoms with Crippen LogP contribution < -0.4 is 4.74 Å². The highest BCUT2D eigenvalue weighted by Gasteiger charge is 2.22. The summed E-state index contributed by atoms with van der Waals surface area (Å²) in [4.78, 5) is 12.1. The molecule has 0 fully saturated rings. The van der Waals surface area contributed by atoms with Crippen LogP contribution >= 0.6 is 58.0 Å². The van der Waals surface area contributed by atoms with Gasteiger partial charge in [0.1, 0.15) is 10.0 Å². The quantitative estimate of drug-likeness (QED) is 0.0530. The molecule has 0 N–H and O–H groups in total. The first-order chi connectivity index (χ1) is 14.9. The van der Waals surface area contributed by atoms with Gasteiger partial charge >= 0.3 is 5.97 Å². The Kier molecular flexibility index (Phi) is 16.2. The molecular weight excluding hydrogens is 498 g/mol. The highest BCUT2D eigenvalue weighted by molar-refractivity contribution is 6.55. The molecule has 0 bridgehead atoms. The average Bonchev–Trinajstić information content (AvgIpc) is 2.76. The van der Waals surface area contributed by atoms with Crippen molar-refractivity contribution >= 4 is 64.0 Å². The molecule has 0 spiro atoms. The number of allylic oxidation sites excluding steroid dienone is 2. The van der Waals surface area contributed by atoms with Crippen LogP contribution in [0.3, 0.4) is 0 Å². The summed E-state index contributed by atoms with van der Waals surface area (Å²) >= 11 is 30.0. The summed E-state index contributed by atoms with van der Waals surface area (Å²) in [6.45, 7) is 2.25. The van der Waals surface area contributed by atoms with Crippen molar-refractivity contribution in [3.8, 4) is 5.75 Å². The lowest BCUT2D eigenvalue weighted by molar-refractivity contribution is -0.134. The normalized spacial score (nSPS) is 11.4. The van der Waals surface area contributed by atoms with E-state index in [0.29, 0.717) is 0 Å². The number of hydrogen-bond donors (Lipinski definition) is 0. The summed E-state index contributed by atoms with van der Waals surface area (Å²) in [7, 11) is 0. The number of ether oxygens (including phenoxy) is 1. The van der Waals surface area contributed by atoms with E-state index in [0.717, 1.165) is 32.1 Å². The number of rotatable bonds is 16. The van der Waals surface area contributed by atoms with Crippen LogP contribution in [-0.4, -0.2) is 5.97 Å². The molecule has 0 aromatic heterocycles. The lowest BCUT2D eigenvalue weighted by atomic mass is 10.1.